The van der Waals surface area contributed by atoms with E-state index in [1.54, 1.807) is 11.3 Å². The Balaban J connectivity index is 1.94. The fraction of sp³-hybridized carbons (Fsp3) is 0.600. The summed E-state index contributed by atoms with van der Waals surface area (Å²) >= 11 is 1.63. The van der Waals surface area contributed by atoms with Crippen LogP contribution in [0.1, 0.15) is 38.2 Å². The van der Waals surface area contributed by atoms with Crippen molar-refractivity contribution >= 4 is 23.3 Å². The Kier molecular flexibility index (Phi) is 5.61. The number of aliphatic carboxylic acids is 1. The van der Waals surface area contributed by atoms with Crippen molar-refractivity contribution in [3.05, 3.63) is 22.4 Å². The standard InChI is InChI=1S/C15H22N2O3S/c1-11(9-12-6-8-21-10-12)16-15(20)17-7-4-2-3-5-13(17)14(18)19/h6,8,10-11,13H,2-5,7,9H2,1H3,(H,16,20)(H,18,19). The number of hydrogen-bond acceptors (Lipinski definition) is 3. The average molecular weight is 310 g/mol. The molecule has 0 saturated carbocycles. The van der Waals surface area contributed by atoms with Crippen molar-refractivity contribution in [1.29, 1.82) is 0 Å². The van der Waals surface area contributed by atoms with Crippen LogP contribution in [0.25, 0.3) is 0 Å². The number of carbonyl (C=O) groups excluding carboxylic acids is 1. The van der Waals surface area contributed by atoms with Gasteiger partial charge in [0.1, 0.15) is 6.04 Å². The summed E-state index contributed by atoms with van der Waals surface area (Å²) in [4.78, 5) is 25.2. The predicted molar refractivity (Wildman–Crippen MR) is 82.6 cm³/mol. The molecule has 5 nitrogen and oxygen atoms in total. The monoisotopic (exact) mass is 310 g/mol. The molecular formula is C15H22N2O3S. The van der Waals surface area contributed by atoms with Gasteiger partial charge in [0.05, 0.1) is 0 Å². The predicted octanol–water partition coefficient (Wildman–Crippen LogP) is 2.72. The molecule has 2 atom stereocenters. The zero-order valence-corrected chi connectivity index (χ0v) is 13.1. The number of amides is 2. The van der Waals surface area contributed by atoms with Crippen LogP contribution in [0.3, 0.4) is 0 Å². The van der Waals surface area contributed by atoms with Gasteiger partial charge in [-0.05, 0) is 48.6 Å². The lowest BCUT2D eigenvalue weighted by atomic mass is 10.1. The molecule has 1 aromatic heterocycles. The molecule has 0 bridgehead atoms. The molecular weight excluding hydrogens is 288 g/mol. The van der Waals surface area contributed by atoms with Gasteiger partial charge in [-0.15, -0.1) is 0 Å². The summed E-state index contributed by atoms with van der Waals surface area (Å²) in [7, 11) is 0. The first-order chi connectivity index (χ1) is 10.1. The van der Waals surface area contributed by atoms with E-state index in [0.717, 1.165) is 25.7 Å². The summed E-state index contributed by atoms with van der Waals surface area (Å²) in [5, 5.41) is 16.3. The quantitative estimate of drug-likeness (QED) is 0.898. The summed E-state index contributed by atoms with van der Waals surface area (Å²) in [6, 6.07) is 1.08. The van der Waals surface area contributed by atoms with Crippen molar-refractivity contribution in [2.24, 2.45) is 0 Å². The molecule has 1 fully saturated rings. The molecule has 1 aliphatic heterocycles. The van der Waals surface area contributed by atoms with Gasteiger partial charge in [-0.25, -0.2) is 9.59 Å². The number of carboxylic acids is 1. The maximum Gasteiger partial charge on any atom is 0.326 e. The Hall–Kier alpha value is -1.56. The lowest BCUT2D eigenvalue weighted by molar-refractivity contribution is -0.142. The van der Waals surface area contributed by atoms with E-state index >= 15 is 0 Å². The van der Waals surface area contributed by atoms with Crippen molar-refractivity contribution in [3.63, 3.8) is 0 Å². The van der Waals surface area contributed by atoms with Gasteiger partial charge in [0, 0.05) is 12.6 Å². The summed E-state index contributed by atoms with van der Waals surface area (Å²) in [5.41, 5.74) is 1.19. The highest BCUT2D eigenvalue weighted by Crippen LogP contribution is 2.17. The first-order valence-electron chi connectivity index (χ1n) is 7.39. The van der Waals surface area contributed by atoms with Crippen LogP contribution in [0.2, 0.25) is 0 Å². The SMILES string of the molecule is CC(Cc1ccsc1)NC(=O)N1CCCCCC1C(=O)O. The second kappa shape index (κ2) is 7.45. The minimum absolute atomic E-state index is 0.00945. The van der Waals surface area contributed by atoms with E-state index in [-0.39, 0.29) is 12.1 Å². The van der Waals surface area contributed by atoms with E-state index in [2.05, 4.69) is 10.7 Å². The van der Waals surface area contributed by atoms with Gasteiger partial charge in [-0.1, -0.05) is 12.8 Å². The van der Waals surface area contributed by atoms with Gasteiger partial charge in [-0.3, -0.25) is 0 Å². The van der Waals surface area contributed by atoms with Gasteiger partial charge in [-0.2, -0.15) is 11.3 Å². The van der Waals surface area contributed by atoms with Crippen molar-refractivity contribution in [2.75, 3.05) is 6.54 Å². The molecule has 2 rings (SSSR count). The minimum Gasteiger partial charge on any atom is -0.480 e. The molecule has 1 aliphatic rings. The molecule has 0 radical (unpaired) electrons. The number of thiophene rings is 1. The summed E-state index contributed by atoms with van der Waals surface area (Å²) in [6.45, 7) is 2.47. The van der Waals surface area contributed by atoms with E-state index < -0.39 is 12.0 Å². The van der Waals surface area contributed by atoms with Gasteiger partial charge in [0.2, 0.25) is 0 Å². The zero-order chi connectivity index (χ0) is 15.2. The first kappa shape index (κ1) is 15.8. The molecule has 0 aliphatic carbocycles. The first-order valence-corrected chi connectivity index (χ1v) is 8.33. The number of carboxylic acid groups (broad SMARTS) is 1. The largest absolute Gasteiger partial charge is 0.480 e. The third kappa shape index (κ3) is 4.46. The highest BCUT2D eigenvalue weighted by Gasteiger charge is 2.31. The normalized spacial score (nSPS) is 20.6. The van der Waals surface area contributed by atoms with E-state index in [4.69, 9.17) is 0 Å². The highest BCUT2D eigenvalue weighted by molar-refractivity contribution is 7.07. The molecule has 0 aromatic carbocycles. The number of hydrogen-bond donors (Lipinski definition) is 2. The van der Waals surface area contributed by atoms with Gasteiger partial charge in [0.25, 0.3) is 0 Å². The topological polar surface area (TPSA) is 69.6 Å². The number of nitrogens with one attached hydrogen (secondary N) is 1. The van der Waals surface area contributed by atoms with Crippen LogP contribution in [0, 0.1) is 0 Å². The molecule has 21 heavy (non-hydrogen) atoms. The zero-order valence-electron chi connectivity index (χ0n) is 12.2. The molecule has 1 saturated heterocycles. The maximum absolute atomic E-state index is 12.4. The molecule has 1 aromatic rings. The number of likely N-dealkylation sites (tertiary alicyclic amines) is 1. The molecule has 2 N–H and O–H groups in total. The van der Waals surface area contributed by atoms with Crippen LogP contribution in [0.15, 0.2) is 16.8 Å². The second-order valence-electron chi connectivity index (χ2n) is 5.58. The summed E-state index contributed by atoms with van der Waals surface area (Å²) in [6.07, 6.45) is 4.03. The van der Waals surface area contributed by atoms with Crippen LogP contribution in [0.5, 0.6) is 0 Å². The Labute approximate surface area is 129 Å². The Bertz CT molecular complexity index is 475. The van der Waals surface area contributed by atoms with Crippen molar-refractivity contribution < 1.29 is 14.7 Å². The number of rotatable bonds is 4. The number of nitrogens with zero attached hydrogens (tertiary/aromatic N) is 1. The van der Waals surface area contributed by atoms with Crippen LogP contribution < -0.4 is 5.32 Å². The second-order valence-corrected chi connectivity index (χ2v) is 6.36. The fourth-order valence-corrected chi connectivity index (χ4v) is 3.40. The van der Waals surface area contributed by atoms with Crippen molar-refractivity contribution in [3.8, 4) is 0 Å². The van der Waals surface area contributed by atoms with Gasteiger partial charge in [0.15, 0.2) is 0 Å². The van der Waals surface area contributed by atoms with E-state index in [0.29, 0.717) is 13.0 Å². The fourth-order valence-electron chi connectivity index (χ4n) is 2.72. The van der Waals surface area contributed by atoms with Crippen LogP contribution in [0.4, 0.5) is 4.79 Å². The third-order valence-corrected chi connectivity index (χ3v) is 4.52. The number of carbonyl (C=O) groups is 2. The molecule has 2 amide bonds. The molecule has 0 spiro atoms. The van der Waals surface area contributed by atoms with E-state index in [9.17, 15) is 14.7 Å². The molecule has 6 heteroatoms. The third-order valence-electron chi connectivity index (χ3n) is 3.79. The van der Waals surface area contributed by atoms with Crippen molar-refractivity contribution in [2.45, 2.75) is 51.1 Å². The molecule has 2 heterocycles. The van der Waals surface area contributed by atoms with Gasteiger partial charge >= 0.3 is 12.0 Å². The van der Waals surface area contributed by atoms with E-state index in [1.165, 1.54) is 10.5 Å². The lowest BCUT2D eigenvalue weighted by Gasteiger charge is -2.28. The average Bonchev–Trinajstić information content (AvgIpc) is 2.79. The number of urea groups is 1. The highest BCUT2D eigenvalue weighted by atomic mass is 32.1. The summed E-state index contributed by atoms with van der Waals surface area (Å²) in [5.74, 6) is -0.905. The summed E-state index contributed by atoms with van der Waals surface area (Å²) < 4.78 is 0. The van der Waals surface area contributed by atoms with E-state index in [1.807, 2.05) is 18.4 Å². The smallest absolute Gasteiger partial charge is 0.326 e. The van der Waals surface area contributed by atoms with Crippen molar-refractivity contribution in [1.82, 2.24) is 10.2 Å². The lowest BCUT2D eigenvalue weighted by Crippen LogP contribution is -2.51. The Morgan fingerprint density at radius 2 is 2.29 bits per heavy atom. The maximum atomic E-state index is 12.4. The van der Waals surface area contributed by atoms with Crippen LogP contribution in [-0.2, 0) is 11.2 Å². The van der Waals surface area contributed by atoms with Crippen LogP contribution in [-0.4, -0.2) is 40.6 Å². The van der Waals surface area contributed by atoms with Gasteiger partial charge < -0.3 is 15.3 Å². The molecule has 2 unspecified atom stereocenters. The molecule has 116 valence electrons. The Morgan fingerprint density at radius 3 is 2.95 bits per heavy atom. The minimum atomic E-state index is -0.905. The van der Waals surface area contributed by atoms with Crippen LogP contribution >= 0.6 is 11.3 Å². The Morgan fingerprint density at radius 1 is 1.48 bits per heavy atom.